The predicted molar refractivity (Wildman–Crippen MR) is 123 cm³/mol. The highest BCUT2D eigenvalue weighted by Crippen LogP contribution is 2.33. The van der Waals surface area contributed by atoms with E-state index in [1.165, 1.54) is 49.4 Å². The molecule has 0 spiro atoms. The second-order valence-electron chi connectivity index (χ2n) is 8.06. The molecule has 1 atom stereocenters. The van der Waals surface area contributed by atoms with Crippen LogP contribution in [0.5, 0.6) is 0 Å². The summed E-state index contributed by atoms with van der Waals surface area (Å²) < 4.78 is 2.13. The van der Waals surface area contributed by atoms with Gasteiger partial charge < -0.3 is 14.8 Å². The van der Waals surface area contributed by atoms with Crippen LogP contribution in [-0.2, 0) is 11.3 Å². The van der Waals surface area contributed by atoms with Crippen LogP contribution in [0.4, 0.5) is 0 Å². The number of amides is 1. The Morgan fingerprint density at radius 1 is 1.27 bits per heavy atom. The maximum Gasteiger partial charge on any atom is 0.230 e. The third kappa shape index (κ3) is 5.95. The molecule has 30 heavy (non-hydrogen) atoms. The average molecular weight is 428 g/mol. The largest absolute Gasteiger partial charge is 0.353 e. The van der Waals surface area contributed by atoms with Gasteiger partial charge in [-0.05, 0) is 32.5 Å². The van der Waals surface area contributed by atoms with E-state index in [2.05, 4.69) is 43.7 Å². The molecule has 2 aromatic rings. The molecule has 1 amide bonds. The molecule has 1 heterocycles. The summed E-state index contributed by atoms with van der Waals surface area (Å²) in [5.41, 5.74) is 1.19. The zero-order valence-electron chi connectivity index (χ0n) is 18.1. The number of rotatable bonds is 10. The number of aromatic nitrogens is 3. The second kappa shape index (κ2) is 11.3. The fourth-order valence-corrected chi connectivity index (χ4v) is 4.82. The Balaban J connectivity index is 1.57. The van der Waals surface area contributed by atoms with Crippen molar-refractivity contribution in [3.63, 3.8) is 0 Å². The number of hydrogen-bond donors (Lipinski definition) is 1. The number of likely N-dealkylation sites (N-methyl/N-ethyl adjacent to an activating group) is 1. The van der Waals surface area contributed by atoms with Gasteiger partial charge in [0.25, 0.3) is 0 Å². The smallest absolute Gasteiger partial charge is 0.230 e. The zero-order chi connectivity index (χ0) is 21.3. The second-order valence-corrected chi connectivity index (χ2v) is 9.00. The highest BCUT2D eigenvalue weighted by atomic mass is 32.2. The molecule has 1 unspecified atom stereocenters. The summed E-state index contributed by atoms with van der Waals surface area (Å²) in [6.45, 7) is 5.14. The normalized spacial score (nSPS) is 15.8. The van der Waals surface area contributed by atoms with E-state index >= 15 is 0 Å². The van der Waals surface area contributed by atoms with Crippen molar-refractivity contribution in [2.75, 3.05) is 26.4 Å². The molecule has 1 aromatic carbocycles. The number of hydrogen-bond acceptors (Lipinski definition) is 5. The van der Waals surface area contributed by atoms with Crippen molar-refractivity contribution in [2.24, 2.45) is 0 Å². The van der Waals surface area contributed by atoms with Crippen molar-refractivity contribution in [3.8, 4) is 0 Å². The van der Waals surface area contributed by atoms with Gasteiger partial charge in [0, 0.05) is 19.0 Å². The molecule has 7 heteroatoms. The quantitative estimate of drug-likeness (QED) is 0.458. The van der Waals surface area contributed by atoms with Gasteiger partial charge in [-0.15, -0.1) is 16.8 Å². The predicted octanol–water partition coefficient (Wildman–Crippen LogP) is 4.02. The van der Waals surface area contributed by atoms with Crippen LogP contribution in [-0.4, -0.2) is 52.0 Å². The number of benzene rings is 1. The molecular weight excluding hydrogens is 394 g/mol. The molecule has 0 saturated heterocycles. The lowest BCUT2D eigenvalue weighted by Crippen LogP contribution is -2.35. The highest BCUT2D eigenvalue weighted by Gasteiger charge is 2.23. The molecule has 0 aliphatic heterocycles. The van der Waals surface area contributed by atoms with Crippen LogP contribution in [0.1, 0.15) is 55.5 Å². The highest BCUT2D eigenvalue weighted by molar-refractivity contribution is 7.99. The number of nitrogens with zero attached hydrogens (tertiary/aromatic N) is 4. The molecule has 1 N–H and O–H groups in total. The maximum absolute atomic E-state index is 12.5. The van der Waals surface area contributed by atoms with Gasteiger partial charge in [0.15, 0.2) is 5.16 Å². The first-order valence-corrected chi connectivity index (χ1v) is 11.7. The summed E-state index contributed by atoms with van der Waals surface area (Å²) in [5.74, 6) is 1.86. The van der Waals surface area contributed by atoms with Gasteiger partial charge in [0.1, 0.15) is 5.82 Å². The van der Waals surface area contributed by atoms with E-state index in [-0.39, 0.29) is 11.9 Å². The lowest BCUT2D eigenvalue weighted by molar-refractivity contribution is -0.118. The minimum atomic E-state index is 0.00940. The van der Waals surface area contributed by atoms with Crippen molar-refractivity contribution >= 4 is 17.7 Å². The van der Waals surface area contributed by atoms with Crippen LogP contribution in [0.25, 0.3) is 0 Å². The topological polar surface area (TPSA) is 63.1 Å². The first-order valence-electron chi connectivity index (χ1n) is 10.7. The first-order chi connectivity index (χ1) is 14.6. The summed E-state index contributed by atoms with van der Waals surface area (Å²) in [6, 6.07) is 10.4. The Kier molecular flexibility index (Phi) is 8.51. The summed E-state index contributed by atoms with van der Waals surface area (Å²) in [7, 11) is 4.06. The van der Waals surface area contributed by atoms with E-state index < -0.39 is 0 Å². The molecule has 1 saturated carbocycles. The van der Waals surface area contributed by atoms with Crippen LogP contribution in [0.2, 0.25) is 0 Å². The number of allylic oxidation sites excluding steroid dienone is 1. The summed E-state index contributed by atoms with van der Waals surface area (Å²) in [4.78, 5) is 14.6. The number of carbonyl (C=O) groups is 1. The molecule has 1 aliphatic carbocycles. The van der Waals surface area contributed by atoms with E-state index in [9.17, 15) is 4.79 Å². The molecule has 0 radical (unpaired) electrons. The van der Waals surface area contributed by atoms with Gasteiger partial charge in [-0.25, -0.2) is 0 Å². The van der Waals surface area contributed by atoms with Gasteiger partial charge in [-0.1, -0.05) is 67.4 Å². The molecule has 1 aliphatic rings. The van der Waals surface area contributed by atoms with Gasteiger partial charge in [-0.2, -0.15) is 0 Å². The molecule has 1 fully saturated rings. The van der Waals surface area contributed by atoms with Gasteiger partial charge in [0.05, 0.1) is 11.8 Å². The van der Waals surface area contributed by atoms with Crippen molar-refractivity contribution in [1.29, 1.82) is 0 Å². The van der Waals surface area contributed by atoms with E-state index in [0.717, 1.165) is 11.0 Å². The van der Waals surface area contributed by atoms with Crippen molar-refractivity contribution in [1.82, 2.24) is 25.0 Å². The SMILES string of the molecule is C=CCn1c(SCC(=O)NCC(c2ccccc2)N(C)C)nnc1C1CCCCC1. The molecule has 3 rings (SSSR count). The lowest BCUT2D eigenvalue weighted by Gasteiger charge is -2.25. The maximum atomic E-state index is 12.5. The first kappa shape index (κ1) is 22.6. The fourth-order valence-electron chi connectivity index (χ4n) is 4.04. The van der Waals surface area contributed by atoms with Crippen LogP contribution in [0.15, 0.2) is 48.1 Å². The molecule has 1 aromatic heterocycles. The molecule has 0 bridgehead atoms. The van der Waals surface area contributed by atoms with Gasteiger partial charge in [-0.3, -0.25) is 4.79 Å². The fraction of sp³-hybridized carbons (Fsp3) is 0.522. The lowest BCUT2D eigenvalue weighted by atomic mass is 9.89. The molecule has 162 valence electrons. The summed E-state index contributed by atoms with van der Waals surface area (Å²) >= 11 is 1.45. The van der Waals surface area contributed by atoms with E-state index in [1.807, 2.05) is 38.4 Å². The van der Waals surface area contributed by atoms with Crippen LogP contribution >= 0.6 is 11.8 Å². The Bertz CT molecular complexity index is 814. The third-order valence-corrected chi connectivity index (χ3v) is 6.63. The van der Waals surface area contributed by atoms with Crippen LogP contribution < -0.4 is 5.32 Å². The third-order valence-electron chi connectivity index (χ3n) is 5.66. The molecular formula is C23H33N5OS. The van der Waals surface area contributed by atoms with E-state index in [0.29, 0.717) is 24.8 Å². The van der Waals surface area contributed by atoms with Gasteiger partial charge >= 0.3 is 0 Å². The number of carbonyl (C=O) groups excluding carboxylic acids is 1. The Morgan fingerprint density at radius 2 is 2.00 bits per heavy atom. The number of thioether (sulfide) groups is 1. The Labute approximate surface area is 184 Å². The zero-order valence-corrected chi connectivity index (χ0v) is 18.9. The summed E-state index contributed by atoms with van der Waals surface area (Å²) in [5, 5.41) is 12.8. The van der Waals surface area contributed by atoms with E-state index in [1.54, 1.807) is 0 Å². The molecule has 6 nitrogen and oxygen atoms in total. The van der Waals surface area contributed by atoms with Crippen molar-refractivity contribution in [2.45, 2.75) is 55.8 Å². The van der Waals surface area contributed by atoms with Gasteiger partial charge in [0.2, 0.25) is 5.91 Å². The van der Waals surface area contributed by atoms with Crippen molar-refractivity contribution in [3.05, 3.63) is 54.4 Å². The van der Waals surface area contributed by atoms with Crippen molar-refractivity contribution < 1.29 is 4.79 Å². The standard InChI is InChI=1S/C23H33N5OS/c1-4-15-28-22(19-13-9-6-10-14-19)25-26-23(28)30-17-21(29)24-16-20(27(2)3)18-11-7-5-8-12-18/h4-5,7-8,11-12,19-20H,1,6,9-10,13-17H2,2-3H3,(H,24,29). The monoisotopic (exact) mass is 427 g/mol. The van der Waals surface area contributed by atoms with E-state index in [4.69, 9.17) is 0 Å². The summed E-state index contributed by atoms with van der Waals surface area (Å²) in [6.07, 6.45) is 8.04. The van der Waals surface area contributed by atoms with Crippen LogP contribution in [0, 0.1) is 0 Å². The average Bonchev–Trinajstić information content (AvgIpc) is 3.16. The minimum Gasteiger partial charge on any atom is -0.353 e. The number of nitrogens with one attached hydrogen (secondary N) is 1. The van der Waals surface area contributed by atoms with Crippen LogP contribution in [0.3, 0.4) is 0 Å². The Morgan fingerprint density at radius 3 is 2.67 bits per heavy atom. The Hall–Kier alpha value is -2.12. The minimum absolute atomic E-state index is 0.00940.